The van der Waals surface area contributed by atoms with Gasteiger partial charge in [-0.15, -0.1) is 0 Å². The van der Waals surface area contributed by atoms with E-state index in [0.717, 1.165) is 6.20 Å². The van der Waals surface area contributed by atoms with Crippen molar-refractivity contribution >= 4 is 11.7 Å². The van der Waals surface area contributed by atoms with Crippen LogP contribution < -0.4 is 4.74 Å². The van der Waals surface area contributed by atoms with E-state index in [2.05, 4.69) is 4.98 Å². The molecule has 7 nitrogen and oxygen atoms in total. The van der Waals surface area contributed by atoms with Crippen LogP contribution in [0.25, 0.3) is 0 Å². The molecule has 0 aliphatic carbocycles. The molecule has 0 aliphatic heterocycles. The third-order valence-corrected chi connectivity index (χ3v) is 2.51. The fourth-order valence-corrected chi connectivity index (χ4v) is 1.59. The van der Waals surface area contributed by atoms with Crippen molar-refractivity contribution in [3.63, 3.8) is 0 Å². The minimum absolute atomic E-state index is 0.0132. The molecule has 0 atom stereocenters. The number of aromatic carboxylic acids is 1. The molecule has 0 saturated carbocycles. The van der Waals surface area contributed by atoms with Crippen LogP contribution in [0.2, 0.25) is 0 Å². The van der Waals surface area contributed by atoms with E-state index in [1.165, 1.54) is 24.3 Å². The molecule has 0 bridgehead atoms. The number of nitro groups is 1. The standard InChI is InChI=1S/C13H10N2O5/c1-8-6-12(9(7-14-8)13(16)17)20-11-5-3-2-4-10(11)15(18)19/h2-7H,1H3,(H,16,17). The summed E-state index contributed by atoms with van der Waals surface area (Å²) < 4.78 is 5.38. The molecule has 0 radical (unpaired) electrons. The molecular weight excluding hydrogens is 264 g/mol. The summed E-state index contributed by atoms with van der Waals surface area (Å²) in [5, 5.41) is 20.0. The van der Waals surface area contributed by atoms with Crippen molar-refractivity contribution in [2.24, 2.45) is 0 Å². The fraction of sp³-hybridized carbons (Fsp3) is 0.0769. The van der Waals surface area contributed by atoms with Crippen LogP contribution in [-0.4, -0.2) is 21.0 Å². The zero-order valence-corrected chi connectivity index (χ0v) is 10.4. The Hall–Kier alpha value is -2.96. The second kappa shape index (κ2) is 5.35. The Bertz CT molecular complexity index is 684. The third-order valence-electron chi connectivity index (χ3n) is 2.51. The number of hydrogen-bond donors (Lipinski definition) is 1. The number of rotatable bonds is 4. The van der Waals surface area contributed by atoms with Crippen LogP contribution in [0.5, 0.6) is 11.5 Å². The number of hydrogen-bond acceptors (Lipinski definition) is 5. The zero-order chi connectivity index (χ0) is 14.7. The topological polar surface area (TPSA) is 103 Å². The van der Waals surface area contributed by atoms with Crippen LogP contribution >= 0.6 is 0 Å². The first-order valence-electron chi connectivity index (χ1n) is 5.60. The lowest BCUT2D eigenvalue weighted by atomic mass is 10.2. The summed E-state index contributed by atoms with van der Waals surface area (Å²) in [7, 11) is 0. The Balaban J connectivity index is 2.47. The van der Waals surface area contributed by atoms with Crippen molar-refractivity contribution in [2.45, 2.75) is 6.92 Å². The first-order valence-corrected chi connectivity index (χ1v) is 5.60. The predicted octanol–water partition coefficient (Wildman–Crippen LogP) is 2.79. The summed E-state index contributed by atoms with van der Waals surface area (Å²) in [6, 6.07) is 7.17. The van der Waals surface area contributed by atoms with Gasteiger partial charge in [0.2, 0.25) is 5.75 Å². The molecule has 0 aliphatic rings. The number of benzene rings is 1. The van der Waals surface area contributed by atoms with Crippen molar-refractivity contribution < 1.29 is 19.6 Å². The van der Waals surface area contributed by atoms with Gasteiger partial charge in [-0.2, -0.15) is 0 Å². The van der Waals surface area contributed by atoms with Gasteiger partial charge in [-0.25, -0.2) is 4.79 Å². The second-order valence-electron chi connectivity index (χ2n) is 3.95. The Labute approximate surface area is 113 Å². The van der Waals surface area contributed by atoms with E-state index in [4.69, 9.17) is 9.84 Å². The fourth-order valence-electron chi connectivity index (χ4n) is 1.59. The van der Waals surface area contributed by atoms with Gasteiger partial charge >= 0.3 is 11.7 Å². The lowest BCUT2D eigenvalue weighted by Gasteiger charge is -2.09. The van der Waals surface area contributed by atoms with Crippen molar-refractivity contribution in [1.29, 1.82) is 0 Å². The quantitative estimate of drug-likeness (QED) is 0.679. The highest BCUT2D eigenvalue weighted by Gasteiger charge is 2.18. The van der Waals surface area contributed by atoms with Gasteiger partial charge in [0.05, 0.1) is 4.92 Å². The molecule has 0 spiro atoms. The maximum Gasteiger partial charge on any atom is 0.341 e. The van der Waals surface area contributed by atoms with Crippen molar-refractivity contribution in [3.8, 4) is 11.5 Å². The van der Waals surface area contributed by atoms with E-state index in [1.54, 1.807) is 13.0 Å². The summed E-state index contributed by atoms with van der Waals surface area (Å²) in [5.74, 6) is -1.23. The summed E-state index contributed by atoms with van der Waals surface area (Å²) in [4.78, 5) is 25.3. The van der Waals surface area contributed by atoms with Crippen LogP contribution in [0.4, 0.5) is 5.69 Å². The number of nitro benzene ring substituents is 1. The number of carboxylic acids is 1. The molecule has 1 aromatic heterocycles. The van der Waals surface area contributed by atoms with E-state index in [9.17, 15) is 14.9 Å². The molecule has 7 heteroatoms. The Morgan fingerprint density at radius 2 is 2.05 bits per heavy atom. The summed E-state index contributed by atoms with van der Waals surface area (Å²) in [6.07, 6.45) is 1.15. The normalized spacial score (nSPS) is 10.1. The predicted molar refractivity (Wildman–Crippen MR) is 69.1 cm³/mol. The van der Waals surface area contributed by atoms with E-state index < -0.39 is 10.9 Å². The highest BCUT2D eigenvalue weighted by molar-refractivity contribution is 5.90. The van der Waals surface area contributed by atoms with Gasteiger partial charge in [-0.3, -0.25) is 15.1 Å². The molecule has 1 aromatic carbocycles. The van der Waals surface area contributed by atoms with Gasteiger partial charge in [0.15, 0.2) is 0 Å². The summed E-state index contributed by atoms with van der Waals surface area (Å²) in [6.45, 7) is 1.66. The SMILES string of the molecule is Cc1cc(Oc2ccccc2[N+](=O)[O-])c(C(=O)O)cn1. The molecule has 1 heterocycles. The largest absolute Gasteiger partial charge is 0.477 e. The van der Waals surface area contributed by atoms with Crippen molar-refractivity contribution in [3.05, 3.63) is 57.9 Å². The van der Waals surface area contributed by atoms with Crippen molar-refractivity contribution in [1.82, 2.24) is 4.98 Å². The van der Waals surface area contributed by atoms with Crippen LogP contribution in [0, 0.1) is 17.0 Å². The highest BCUT2D eigenvalue weighted by atomic mass is 16.6. The molecule has 0 saturated heterocycles. The van der Waals surface area contributed by atoms with Crippen molar-refractivity contribution in [2.75, 3.05) is 0 Å². The number of nitrogens with zero attached hydrogens (tertiary/aromatic N) is 2. The minimum atomic E-state index is -1.22. The molecule has 0 unspecified atom stereocenters. The maximum atomic E-state index is 11.1. The second-order valence-corrected chi connectivity index (χ2v) is 3.95. The summed E-state index contributed by atoms with van der Waals surface area (Å²) >= 11 is 0. The Morgan fingerprint density at radius 3 is 2.70 bits per heavy atom. The average molecular weight is 274 g/mol. The molecule has 1 N–H and O–H groups in total. The first-order chi connectivity index (χ1) is 9.49. The number of aryl methyl sites for hydroxylation is 1. The number of aromatic nitrogens is 1. The van der Waals surface area contributed by atoms with E-state index in [0.29, 0.717) is 5.69 Å². The molecular formula is C13H10N2O5. The molecule has 2 rings (SSSR count). The maximum absolute atomic E-state index is 11.1. The molecule has 0 fully saturated rings. The number of carbonyl (C=O) groups is 1. The molecule has 102 valence electrons. The van der Waals surface area contributed by atoms with Crippen LogP contribution in [0.15, 0.2) is 36.5 Å². The van der Waals surface area contributed by atoms with E-state index in [1.807, 2.05) is 0 Å². The number of carboxylic acid groups (broad SMARTS) is 1. The zero-order valence-electron chi connectivity index (χ0n) is 10.4. The summed E-state index contributed by atoms with van der Waals surface area (Å²) in [5.41, 5.74) is 0.149. The first kappa shape index (κ1) is 13.5. The van der Waals surface area contributed by atoms with Gasteiger partial charge in [-0.1, -0.05) is 12.1 Å². The molecule has 0 amide bonds. The monoisotopic (exact) mass is 274 g/mol. The van der Waals surface area contributed by atoms with Gasteiger partial charge in [0.25, 0.3) is 0 Å². The highest BCUT2D eigenvalue weighted by Crippen LogP contribution is 2.32. The minimum Gasteiger partial charge on any atom is -0.477 e. The Kier molecular flexibility index (Phi) is 3.60. The lowest BCUT2D eigenvalue weighted by molar-refractivity contribution is -0.385. The van der Waals surface area contributed by atoms with Gasteiger partial charge in [0, 0.05) is 24.0 Å². The smallest absolute Gasteiger partial charge is 0.341 e. The number of para-hydroxylation sites is 2. The van der Waals surface area contributed by atoms with Crippen LogP contribution in [0.1, 0.15) is 16.1 Å². The van der Waals surface area contributed by atoms with Crippen LogP contribution in [-0.2, 0) is 0 Å². The number of ether oxygens (including phenoxy) is 1. The number of pyridine rings is 1. The van der Waals surface area contributed by atoms with Crippen LogP contribution in [0.3, 0.4) is 0 Å². The van der Waals surface area contributed by atoms with Gasteiger partial charge in [-0.05, 0) is 13.0 Å². The Morgan fingerprint density at radius 1 is 1.35 bits per heavy atom. The molecule has 2 aromatic rings. The van der Waals surface area contributed by atoms with Gasteiger partial charge in [0.1, 0.15) is 11.3 Å². The third kappa shape index (κ3) is 2.72. The van der Waals surface area contributed by atoms with E-state index >= 15 is 0 Å². The van der Waals surface area contributed by atoms with E-state index in [-0.39, 0.29) is 22.7 Å². The average Bonchev–Trinajstić information content (AvgIpc) is 2.38. The van der Waals surface area contributed by atoms with Gasteiger partial charge < -0.3 is 9.84 Å². The lowest BCUT2D eigenvalue weighted by Crippen LogP contribution is -2.02. The molecule has 20 heavy (non-hydrogen) atoms.